The summed E-state index contributed by atoms with van der Waals surface area (Å²) >= 11 is 7.50. The monoisotopic (exact) mass is 544 g/mol. The average Bonchev–Trinajstić information content (AvgIpc) is 3.17. The highest BCUT2D eigenvalue weighted by molar-refractivity contribution is 8.00. The molecule has 1 unspecified atom stereocenters. The van der Waals surface area contributed by atoms with Crippen molar-refractivity contribution in [3.63, 3.8) is 0 Å². The minimum atomic E-state index is -0.789. The first kappa shape index (κ1) is 26.1. The van der Waals surface area contributed by atoms with Crippen molar-refractivity contribution in [1.82, 2.24) is 20.0 Å². The zero-order valence-corrected chi connectivity index (χ0v) is 22.9. The maximum absolute atomic E-state index is 13.9. The van der Waals surface area contributed by atoms with E-state index >= 15 is 0 Å². The van der Waals surface area contributed by atoms with Crippen molar-refractivity contribution < 1.29 is 9.59 Å². The van der Waals surface area contributed by atoms with E-state index in [4.69, 9.17) is 16.7 Å². The van der Waals surface area contributed by atoms with Gasteiger partial charge in [0.2, 0.25) is 11.8 Å². The smallest absolute Gasteiger partial charge is 0.247 e. The summed E-state index contributed by atoms with van der Waals surface area (Å²) in [7, 11) is 0. The second kappa shape index (κ2) is 11.5. The molecule has 0 radical (unpaired) electrons. The molecule has 1 aromatic heterocycles. The van der Waals surface area contributed by atoms with Crippen molar-refractivity contribution in [2.75, 3.05) is 12.3 Å². The van der Waals surface area contributed by atoms with Crippen LogP contribution in [-0.4, -0.2) is 38.8 Å². The summed E-state index contributed by atoms with van der Waals surface area (Å²) in [5, 5.41) is 9.40. The Morgan fingerprint density at radius 1 is 1.00 bits per heavy atom. The van der Waals surface area contributed by atoms with E-state index < -0.39 is 6.04 Å². The van der Waals surface area contributed by atoms with Crippen LogP contribution in [0.2, 0.25) is 5.02 Å². The fourth-order valence-electron chi connectivity index (χ4n) is 4.65. The normalized spacial score (nSPS) is 15.2. The van der Waals surface area contributed by atoms with Crippen molar-refractivity contribution in [2.45, 2.75) is 37.9 Å². The van der Waals surface area contributed by atoms with Crippen molar-refractivity contribution in [1.29, 1.82) is 0 Å². The number of carbonyl (C=O) groups excluding carboxylic acids is 2. The fraction of sp³-hybridized carbons (Fsp3) is 0.233. The molecule has 1 aliphatic rings. The third-order valence-electron chi connectivity index (χ3n) is 6.69. The van der Waals surface area contributed by atoms with Gasteiger partial charge < -0.3 is 10.2 Å². The number of fused-ring (bicyclic) bond motifs is 1. The largest absolute Gasteiger partial charge is 0.350 e. The number of rotatable bonds is 7. The number of nitrogens with zero attached hydrogens (tertiary/aromatic N) is 3. The number of aromatic nitrogens is 2. The van der Waals surface area contributed by atoms with E-state index in [1.807, 2.05) is 97.4 Å². The highest BCUT2D eigenvalue weighted by Gasteiger charge is 2.39. The number of para-hydroxylation sites is 1. The van der Waals surface area contributed by atoms with Crippen LogP contribution in [0.4, 0.5) is 0 Å². The molecule has 2 amide bonds. The molecule has 0 spiro atoms. The summed E-state index contributed by atoms with van der Waals surface area (Å²) < 4.78 is 1.85. The van der Waals surface area contributed by atoms with E-state index in [1.54, 1.807) is 4.90 Å². The van der Waals surface area contributed by atoms with E-state index in [9.17, 15) is 9.59 Å². The van der Waals surface area contributed by atoms with Crippen LogP contribution in [0.1, 0.15) is 34.0 Å². The summed E-state index contributed by atoms with van der Waals surface area (Å²) in [6, 6.07) is 24.7. The van der Waals surface area contributed by atoms with Gasteiger partial charge in [-0.1, -0.05) is 83.5 Å². The Hall–Kier alpha value is -3.55. The number of benzene rings is 3. The molecule has 1 N–H and O–H groups in total. The van der Waals surface area contributed by atoms with Gasteiger partial charge in [-0.05, 0) is 55.7 Å². The highest BCUT2D eigenvalue weighted by Crippen LogP contribution is 2.39. The van der Waals surface area contributed by atoms with Gasteiger partial charge in [0.05, 0.1) is 17.1 Å². The summed E-state index contributed by atoms with van der Waals surface area (Å²) in [4.78, 5) is 29.1. The Labute approximate surface area is 232 Å². The van der Waals surface area contributed by atoms with Crippen LogP contribution in [0.3, 0.4) is 0 Å². The van der Waals surface area contributed by atoms with Gasteiger partial charge >= 0.3 is 0 Å². The number of halogens is 1. The number of hydrogen-bond donors (Lipinski definition) is 1. The maximum atomic E-state index is 13.9. The van der Waals surface area contributed by atoms with Crippen molar-refractivity contribution >= 4 is 35.2 Å². The van der Waals surface area contributed by atoms with Crippen LogP contribution >= 0.6 is 23.4 Å². The lowest BCUT2D eigenvalue weighted by molar-refractivity contribution is -0.139. The number of aryl methyl sites for hydroxylation is 2. The topological polar surface area (TPSA) is 67.2 Å². The summed E-state index contributed by atoms with van der Waals surface area (Å²) in [5.41, 5.74) is 5.62. The van der Waals surface area contributed by atoms with Gasteiger partial charge in [-0.25, -0.2) is 4.68 Å². The Bertz CT molecular complexity index is 1440. The van der Waals surface area contributed by atoms with Gasteiger partial charge in [-0.2, -0.15) is 5.10 Å². The van der Waals surface area contributed by atoms with Gasteiger partial charge in [0.25, 0.3) is 0 Å². The number of amides is 2. The summed E-state index contributed by atoms with van der Waals surface area (Å²) in [6.45, 7) is 4.72. The van der Waals surface area contributed by atoms with Crippen LogP contribution < -0.4 is 5.32 Å². The molecule has 6 nitrogen and oxygen atoms in total. The molecule has 8 heteroatoms. The first-order chi connectivity index (χ1) is 18.4. The average molecular weight is 545 g/mol. The molecule has 0 fully saturated rings. The van der Waals surface area contributed by atoms with Gasteiger partial charge in [0.15, 0.2) is 0 Å². The highest BCUT2D eigenvalue weighted by atomic mass is 35.5. The second-order valence-corrected chi connectivity index (χ2v) is 10.8. The molecule has 2 heterocycles. The first-order valence-corrected chi connectivity index (χ1v) is 13.9. The van der Waals surface area contributed by atoms with Crippen LogP contribution in [0.25, 0.3) is 5.69 Å². The molecule has 4 aromatic rings. The van der Waals surface area contributed by atoms with Gasteiger partial charge in [0, 0.05) is 23.7 Å². The summed E-state index contributed by atoms with van der Waals surface area (Å²) in [6.07, 6.45) is 0.608. The Morgan fingerprint density at radius 3 is 2.39 bits per heavy atom. The van der Waals surface area contributed by atoms with Crippen LogP contribution in [0.15, 0.2) is 83.9 Å². The Morgan fingerprint density at radius 2 is 1.68 bits per heavy atom. The van der Waals surface area contributed by atoms with Crippen LogP contribution in [-0.2, 0) is 22.6 Å². The predicted molar refractivity (Wildman–Crippen MR) is 152 cm³/mol. The number of thioether (sulfide) groups is 1. The molecular weight excluding hydrogens is 516 g/mol. The van der Waals surface area contributed by atoms with Crippen LogP contribution in [0.5, 0.6) is 0 Å². The second-order valence-electron chi connectivity index (χ2n) is 9.41. The number of hydrogen-bond acceptors (Lipinski definition) is 4. The van der Waals surface area contributed by atoms with E-state index in [-0.39, 0.29) is 17.6 Å². The predicted octanol–water partition coefficient (Wildman–Crippen LogP) is 5.68. The lowest BCUT2D eigenvalue weighted by Crippen LogP contribution is -2.44. The quantitative estimate of drug-likeness (QED) is 0.325. The van der Waals surface area contributed by atoms with E-state index in [0.717, 1.165) is 38.7 Å². The van der Waals surface area contributed by atoms with E-state index in [0.29, 0.717) is 24.5 Å². The molecule has 5 rings (SSSR count). The Kier molecular flexibility index (Phi) is 7.86. The molecular formula is C30H29ClN4O2S. The minimum Gasteiger partial charge on any atom is -0.350 e. The third-order valence-corrected chi connectivity index (χ3v) is 8.00. The standard InChI is InChI=1S/C30H29ClN4O2S/c1-20-8-10-23(11-9-20)18-32-29(37)28-27-21(2)33-35(25-6-4-3-5-7-25)30(27)38-19-26(36)34(28)17-16-22-12-14-24(31)15-13-22/h3-15,28H,16-19H2,1-2H3,(H,32,37). The SMILES string of the molecule is Cc1ccc(CNC(=O)C2c3c(C)nn(-c4ccccc4)c3SCC(=O)N2CCc2ccc(Cl)cc2)cc1. The first-order valence-electron chi connectivity index (χ1n) is 12.6. The summed E-state index contributed by atoms with van der Waals surface area (Å²) in [5.74, 6) is -0.0583. The third kappa shape index (κ3) is 5.64. The van der Waals surface area contributed by atoms with Crippen molar-refractivity contribution in [3.8, 4) is 5.69 Å². The fourth-order valence-corrected chi connectivity index (χ4v) is 5.88. The molecule has 0 aliphatic carbocycles. The lowest BCUT2D eigenvalue weighted by Gasteiger charge is -2.30. The van der Waals surface area contributed by atoms with Crippen LogP contribution in [0, 0.1) is 13.8 Å². The minimum absolute atomic E-state index is 0.0744. The van der Waals surface area contributed by atoms with Crippen molar-refractivity contribution in [2.24, 2.45) is 0 Å². The van der Waals surface area contributed by atoms with E-state index in [2.05, 4.69) is 5.32 Å². The van der Waals surface area contributed by atoms with Gasteiger partial charge in [-0.15, -0.1) is 0 Å². The molecule has 0 bridgehead atoms. The molecule has 1 atom stereocenters. The maximum Gasteiger partial charge on any atom is 0.247 e. The van der Waals surface area contributed by atoms with Gasteiger partial charge in [0.1, 0.15) is 11.1 Å². The number of carbonyl (C=O) groups is 2. The molecule has 38 heavy (non-hydrogen) atoms. The van der Waals surface area contributed by atoms with E-state index in [1.165, 1.54) is 11.8 Å². The molecule has 0 saturated carbocycles. The molecule has 194 valence electrons. The number of nitrogens with one attached hydrogen (secondary N) is 1. The zero-order valence-electron chi connectivity index (χ0n) is 21.4. The van der Waals surface area contributed by atoms with Crippen molar-refractivity contribution in [3.05, 3.63) is 112 Å². The molecule has 3 aromatic carbocycles. The molecule has 1 aliphatic heterocycles. The zero-order chi connectivity index (χ0) is 26.6. The molecule has 0 saturated heterocycles. The Balaban J connectivity index is 1.50. The van der Waals surface area contributed by atoms with Gasteiger partial charge in [-0.3, -0.25) is 9.59 Å². The lowest BCUT2D eigenvalue weighted by atomic mass is 10.0.